The van der Waals surface area contributed by atoms with E-state index in [2.05, 4.69) is 46.3 Å². The van der Waals surface area contributed by atoms with Crippen LogP contribution in [0.15, 0.2) is 83.8 Å². The summed E-state index contributed by atoms with van der Waals surface area (Å²) in [4.78, 5) is 15.0. The number of para-hydroxylation sites is 2. The normalized spacial score (nSPS) is 13.9. The highest BCUT2D eigenvalue weighted by Gasteiger charge is 2.27. The summed E-state index contributed by atoms with van der Waals surface area (Å²) in [6, 6.07) is 28.1. The molecule has 0 aliphatic heterocycles. The van der Waals surface area contributed by atoms with Crippen molar-refractivity contribution in [1.82, 2.24) is 0 Å². The van der Waals surface area contributed by atoms with Crippen LogP contribution in [0.1, 0.15) is 33.9 Å². The Hall–Kier alpha value is -3.84. The molecule has 0 saturated carbocycles. The van der Waals surface area contributed by atoms with Crippen molar-refractivity contribution in [3.8, 4) is 11.8 Å². The lowest BCUT2D eigenvalue weighted by molar-refractivity contribution is -0.113. The number of amides is 1. The summed E-state index contributed by atoms with van der Waals surface area (Å²) in [5.74, 6) is 1.24. The van der Waals surface area contributed by atoms with Gasteiger partial charge in [0.05, 0.1) is 24.1 Å². The first-order chi connectivity index (χ1) is 19.5. The van der Waals surface area contributed by atoms with Crippen LogP contribution in [0.2, 0.25) is 0 Å². The average molecular weight is 585 g/mol. The molecule has 0 saturated heterocycles. The zero-order valence-corrected chi connectivity index (χ0v) is 24.3. The molecule has 1 aliphatic carbocycles. The Kier molecular flexibility index (Phi) is 9.01. The van der Waals surface area contributed by atoms with Crippen molar-refractivity contribution < 1.29 is 9.53 Å². The van der Waals surface area contributed by atoms with Crippen molar-refractivity contribution in [1.29, 1.82) is 5.26 Å². The molecule has 0 bridgehead atoms. The van der Waals surface area contributed by atoms with Gasteiger partial charge in [0.1, 0.15) is 16.8 Å². The number of rotatable bonds is 8. The van der Waals surface area contributed by atoms with Crippen LogP contribution in [0.25, 0.3) is 0 Å². The third-order valence-electron chi connectivity index (χ3n) is 6.72. The van der Waals surface area contributed by atoms with E-state index in [1.165, 1.54) is 22.2 Å². The van der Waals surface area contributed by atoms with Gasteiger partial charge in [0, 0.05) is 15.5 Å². The summed E-state index contributed by atoms with van der Waals surface area (Å²) in [6.07, 6.45) is 2.76. The maximum atomic E-state index is 12.9. The third kappa shape index (κ3) is 6.65. The van der Waals surface area contributed by atoms with Crippen LogP contribution in [-0.2, 0) is 17.6 Å². The summed E-state index contributed by atoms with van der Waals surface area (Å²) in [6.45, 7) is 0. The van der Waals surface area contributed by atoms with Gasteiger partial charge in [-0.2, -0.15) is 5.26 Å². The fourth-order valence-electron chi connectivity index (χ4n) is 4.81. The van der Waals surface area contributed by atoms with Crippen molar-refractivity contribution >= 4 is 62.7 Å². The second-order valence-electron chi connectivity index (χ2n) is 9.31. The Morgan fingerprint density at radius 3 is 2.67 bits per heavy atom. The topological polar surface area (TPSA) is 86.2 Å². The molecular formula is C31H28N4O2S3. The van der Waals surface area contributed by atoms with Gasteiger partial charge in [0.2, 0.25) is 5.91 Å². The quantitative estimate of drug-likeness (QED) is 0.147. The summed E-state index contributed by atoms with van der Waals surface area (Å²) in [5.41, 5.74) is 4.62. The molecule has 5 rings (SSSR count). The number of hydrogen-bond acceptors (Lipinski definition) is 6. The van der Waals surface area contributed by atoms with E-state index in [9.17, 15) is 10.1 Å². The molecule has 1 heterocycles. The number of nitrogens with one attached hydrogen (secondary N) is 3. The van der Waals surface area contributed by atoms with Crippen LogP contribution in [0.5, 0.6) is 5.75 Å². The van der Waals surface area contributed by atoms with Crippen LogP contribution < -0.4 is 20.7 Å². The molecule has 1 aromatic heterocycles. The molecule has 0 spiro atoms. The molecule has 4 aromatic rings. The summed E-state index contributed by atoms with van der Waals surface area (Å²) in [7, 11) is 1.61. The predicted molar refractivity (Wildman–Crippen MR) is 169 cm³/mol. The lowest BCUT2D eigenvalue weighted by Gasteiger charge is -2.22. The van der Waals surface area contributed by atoms with Crippen molar-refractivity contribution in [3.63, 3.8) is 0 Å². The van der Waals surface area contributed by atoms with Crippen molar-refractivity contribution in [2.75, 3.05) is 28.8 Å². The Bertz CT molecular complexity index is 1560. The number of thiophene rings is 1. The molecular weight excluding hydrogens is 557 g/mol. The van der Waals surface area contributed by atoms with Gasteiger partial charge in [-0.15, -0.1) is 23.1 Å². The standard InChI is InChI=1S/C31H28N4O2S3/c1-37-27-13-6-5-12-26(27)34-31(38)33-22-10-7-11-23(17-22)39-19-29(36)35-30-25(18-32)24-15-14-21(16-28(24)40-30)20-8-3-2-4-9-20/h2-13,17,21H,14-16,19H2,1H3,(H,35,36)(H2,33,34,38). The summed E-state index contributed by atoms with van der Waals surface area (Å²) >= 11 is 8.44. The first-order valence-electron chi connectivity index (χ1n) is 12.9. The maximum absolute atomic E-state index is 12.9. The molecule has 0 radical (unpaired) electrons. The van der Waals surface area contributed by atoms with Gasteiger partial charge >= 0.3 is 0 Å². The number of nitrogens with zero attached hydrogens (tertiary/aromatic N) is 1. The first kappa shape index (κ1) is 27.7. The van der Waals surface area contributed by atoms with E-state index in [0.29, 0.717) is 27.3 Å². The molecule has 6 nitrogen and oxygen atoms in total. The third-order valence-corrected chi connectivity index (χ3v) is 9.09. The minimum atomic E-state index is -0.133. The van der Waals surface area contributed by atoms with Gasteiger partial charge < -0.3 is 20.7 Å². The SMILES string of the molecule is COc1ccccc1NC(=S)Nc1cccc(SCC(=O)Nc2sc3c(c2C#N)CCC(c2ccccc2)C3)c1. The molecule has 1 amide bonds. The van der Waals surface area contributed by atoms with Crippen LogP contribution in [0, 0.1) is 11.3 Å². The highest BCUT2D eigenvalue weighted by atomic mass is 32.2. The minimum absolute atomic E-state index is 0.133. The van der Waals surface area contributed by atoms with Gasteiger partial charge in [0.25, 0.3) is 0 Å². The van der Waals surface area contributed by atoms with Crippen molar-refractivity contribution in [2.24, 2.45) is 0 Å². The van der Waals surface area contributed by atoms with E-state index in [1.807, 2.05) is 54.6 Å². The number of anilines is 3. The smallest absolute Gasteiger partial charge is 0.235 e. The van der Waals surface area contributed by atoms with Crippen LogP contribution in [-0.4, -0.2) is 23.9 Å². The van der Waals surface area contributed by atoms with E-state index in [0.717, 1.165) is 41.1 Å². The first-order valence-corrected chi connectivity index (χ1v) is 15.1. The molecule has 1 atom stereocenters. The van der Waals surface area contributed by atoms with Crippen molar-refractivity contribution in [2.45, 2.75) is 30.1 Å². The van der Waals surface area contributed by atoms with Gasteiger partial charge in [-0.05, 0) is 78.9 Å². The molecule has 3 aromatic carbocycles. The highest BCUT2D eigenvalue weighted by Crippen LogP contribution is 2.42. The zero-order chi connectivity index (χ0) is 27.9. The van der Waals surface area contributed by atoms with E-state index in [4.69, 9.17) is 17.0 Å². The van der Waals surface area contributed by atoms with Crippen LogP contribution >= 0.6 is 35.3 Å². The summed E-state index contributed by atoms with van der Waals surface area (Å²) in [5, 5.41) is 20.3. The fraction of sp³-hybridized carbons (Fsp3) is 0.194. The largest absolute Gasteiger partial charge is 0.495 e. The number of carbonyl (C=O) groups excluding carboxylic acids is 1. The number of nitriles is 1. The highest BCUT2D eigenvalue weighted by molar-refractivity contribution is 8.00. The average Bonchev–Trinajstić information content (AvgIpc) is 3.33. The lowest BCUT2D eigenvalue weighted by Crippen LogP contribution is -2.19. The summed E-state index contributed by atoms with van der Waals surface area (Å²) < 4.78 is 5.37. The number of carbonyl (C=O) groups is 1. The predicted octanol–water partition coefficient (Wildman–Crippen LogP) is 7.44. The monoisotopic (exact) mass is 584 g/mol. The molecule has 40 heavy (non-hydrogen) atoms. The molecule has 3 N–H and O–H groups in total. The molecule has 202 valence electrons. The minimum Gasteiger partial charge on any atom is -0.495 e. The van der Waals surface area contributed by atoms with E-state index < -0.39 is 0 Å². The number of ether oxygens (including phenoxy) is 1. The lowest BCUT2D eigenvalue weighted by atomic mass is 9.83. The number of thiocarbonyl (C=S) groups is 1. The van der Waals surface area contributed by atoms with E-state index >= 15 is 0 Å². The van der Waals surface area contributed by atoms with Crippen LogP contribution in [0.4, 0.5) is 16.4 Å². The van der Waals surface area contributed by atoms with E-state index in [1.54, 1.807) is 18.4 Å². The zero-order valence-electron chi connectivity index (χ0n) is 21.9. The molecule has 1 unspecified atom stereocenters. The number of hydrogen-bond donors (Lipinski definition) is 3. The van der Waals surface area contributed by atoms with E-state index in [-0.39, 0.29) is 11.7 Å². The number of thioether (sulfide) groups is 1. The van der Waals surface area contributed by atoms with Gasteiger partial charge in [-0.1, -0.05) is 48.5 Å². The molecule has 1 aliphatic rings. The Morgan fingerprint density at radius 1 is 1.07 bits per heavy atom. The number of benzene rings is 3. The molecule has 9 heteroatoms. The van der Waals surface area contributed by atoms with Crippen molar-refractivity contribution in [3.05, 3.63) is 100 Å². The Morgan fingerprint density at radius 2 is 1.88 bits per heavy atom. The Balaban J connectivity index is 1.18. The second kappa shape index (κ2) is 13.0. The molecule has 0 fully saturated rings. The fourth-order valence-corrected chi connectivity index (χ4v) is 7.09. The van der Waals surface area contributed by atoms with Gasteiger partial charge in [-0.25, -0.2) is 0 Å². The van der Waals surface area contributed by atoms with Crippen LogP contribution in [0.3, 0.4) is 0 Å². The maximum Gasteiger partial charge on any atom is 0.235 e. The van der Waals surface area contributed by atoms with Gasteiger partial charge in [-0.3, -0.25) is 4.79 Å². The Labute approximate surface area is 247 Å². The number of fused-ring (bicyclic) bond motifs is 1. The number of methoxy groups -OCH3 is 1. The van der Waals surface area contributed by atoms with Gasteiger partial charge in [0.15, 0.2) is 5.11 Å². The second-order valence-corrected chi connectivity index (χ2v) is 11.9.